The number of thioether (sulfide) groups is 1. The molecule has 9 heteroatoms. The van der Waals surface area contributed by atoms with Gasteiger partial charge in [-0.2, -0.15) is 0 Å². The Bertz CT molecular complexity index is 1070. The number of aromatic amines is 1. The Labute approximate surface area is 183 Å². The third-order valence-electron chi connectivity index (χ3n) is 4.43. The van der Waals surface area contributed by atoms with E-state index < -0.39 is 0 Å². The molecule has 0 unspecified atom stereocenters. The predicted molar refractivity (Wildman–Crippen MR) is 117 cm³/mol. The number of H-pyrrole nitrogens is 1. The number of nitrogens with one attached hydrogen (secondary N) is 2. The Balaban J connectivity index is 1.45. The van der Waals surface area contributed by atoms with E-state index in [4.69, 9.17) is 14.2 Å². The van der Waals surface area contributed by atoms with E-state index in [9.17, 15) is 4.79 Å². The zero-order valence-electron chi connectivity index (χ0n) is 16.9. The van der Waals surface area contributed by atoms with Gasteiger partial charge in [-0.1, -0.05) is 72.4 Å². The number of anilines is 1. The molecule has 0 bridgehead atoms. The molecular formula is C22H22N5O3S+. The highest BCUT2D eigenvalue weighted by Gasteiger charge is 2.17. The summed E-state index contributed by atoms with van der Waals surface area (Å²) in [6, 6.07) is 20.0. The Morgan fingerprint density at radius 1 is 1.13 bits per heavy atom. The van der Waals surface area contributed by atoms with Crippen LogP contribution in [-0.2, 0) is 16.1 Å². The summed E-state index contributed by atoms with van der Waals surface area (Å²) in [7, 11) is 1.61. The van der Waals surface area contributed by atoms with E-state index in [1.165, 1.54) is 11.8 Å². The minimum absolute atomic E-state index is 0.175. The summed E-state index contributed by atoms with van der Waals surface area (Å²) in [4.78, 5) is 20.5. The summed E-state index contributed by atoms with van der Waals surface area (Å²) in [6.07, 6.45) is 1.62. The van der Waals surface area contributed by atoms with Crippen LogP contribution in [0.15, 0.2) is 76.5 Å². The van der Waals surface area contributed by atoms with Crippen molar-refractivity contribution in [2.24, 2.45) is 0 Å². The van der Waals surface area contributed by atoms with Crippen molar-refractivity contribution < 1.29 is 18.7 Å². The van der Waals surface area contributed by atoms with Crippen molar-refractivity contribution >= 4 is 23.6 Å². The molecule has 8 nitrogen and oxygen atoms in total. The van der Waals surface area contributed by atoms with E-state index in [0.717, 1.165) is 22.5 Å². The third-order valence-corrected chi connectivity index (χ3v) is 5.30. The predicted octanol–water partition coefficient (Wildman–Crippen LogP) is 3.40. The van der Waals surface area contributed by atoms with Crippen LogP contribution in [0.3, 0.4) is 0 Å². The minimum atomic E-state index is -0.209. The van der Waals surface area contributed by atoms with Crippen LogP contribution in [0.1, 0.15) is 0 Å². The zero-order chi connectivity index (χ0) is 21.5. The SMILES string of the molecule is COCC[n+]1cc(NC(=O)CSc2nc(-c3ccccc3)c(-c3ccccc3)[nH]2)on1. The van der Waals surface area contributed by atoms with Gasteiger partial charge in [-0.15, -0.1) is 0 Å². The number of amides is 1. The lowest BCUT2D eigenvalue weighted by atomic mass is 10.1. The number of methoxy groups -OCH3 is 1. The minimum Gasteiger partial charge on any atom is -0.378 e. The molecule has 0 saturated carbocycles. The lowest BCUT2D eigenvalue weighted by molar-refractivity contribution is -0.763. The van der Waals surface area contributed by atoms with Crippen molar-refractivity contribution in [3.63, 3.8) is 0 Å². The molecule has 158 valence electrons. The van der Waals surface area contributed by atoms with Crippen molar-refractivity contribution in [1.82, 2.24) is 15.2 Å². The van der Waals surface area contributed by atoms with E-state index in [2.05, 4.69) is 15.6 Å². The Morgan fingerprint density at radius 2 is 1.84 bits per heavy atom. The standard InChI is InChI=1S/C22H21N5O3S/c1-29-13-12-27-14-19(30-26-27)23-18(28)15-31-22-24-20(16-8-4-2-5-9-16)21(25-22)17-10-6-3-7-11-17/h2-11,14H,12-13,15H2,1H3,(H-,23,24,25,26,28)/p+1. The average Bonchev–Trinajstić information content (AvgIpc) is 3.44. The first-order valence-electron chi connectivity index (χ1n) is 9.72. The van der Waals surface area contributed by atoms with Gasteiger partial charge < -0.3 is 9.72 Å². The molecule has 0 fully saturated rings. The molecule has 0 radical (unpaired) electrons. The summed E-state index contributed by atoms with van der Waals surface area (Å²) < 4.78 is 11.7. The van der Waals surface area contributed by atoms with Gasteiger partial charge in [0.05, 0.1) is 17.1 Å². The fraction of sp³-hybridized carbons (Fsp3) is 0.182. The van der Waals surface area contributed by atoms with Crippen LogP contribution in [0.2, 0.25) is 0 Å². The first-order chi connectivity index (χ1) is 15.2. The molecule has 0 aliphatic heterocycles. The Hall–Kier alpha value is -3.43. The van der Waals surface area contributed by atoms with E-state index in [0.29, 0.717) is 18.3 Å². The monoisotopic (exact) mass is 436 g/mol. The number of rotatable bonds is 9. The van der Waals surface area contributed by atoms with Gasteiger partial charge in [0.25, 0.3) is 6.20 Å². The Morgan fingerprint density at radius 3 is 2.55 bits per heavy atom. The molecule has 1 amide bonds. The van der Waals surface area contributed by atoms with E-state index in [1.807, 2.05) is 60.7 Å². The van der Waals surface area contributed by atoms with Crippen molar-refractivity contribution in [3.05, 3.63) is 66.9 Å². The van der Waals surface area contributed by atoms with Gasteiger partial charge in [0.1, 0.15) is 6.61 Å². The van der Waals surface area contributed by atoms with Gasteiger partial charge in [0.2, 0.25) is 17.7 Å². The lowest BCUT2D eigenvalue weighted by Gasteiger charge is -2.02. The zero-order valence-corrected chi connectivity index (χ0v) is 17.8. The number of carbonyl (C=O) groups excluding carboxylic acids is 1. The van der Waals surface area contributed by atoms with E-state index >= 15 is 0 Å². The van der Waals surface area contributed by atoms with Crippen LogP contribution in [0.25, 0.3) is 22.5 Å². The fourth-order valence-electron chi connectivity index (χ4n) is 2.97. The van der Waals surface area contributed by atoms with Crippen molar-refractivity contribution in [2.45, 2.75) is 11.7 Å². The van der Waals surface area contributed by atoms with Gasteiger partial charge in [0.15, 0.2) is 5.16 Å². The highest BCUT2D eigenvalue weighted by Crippen LogP contribution is 2.32. The topological polar surface area (TPSA) is 96.9 Å². The molecule has 4 aromatic rings. The third kappa shape index (κ3) is 5.39. The molecule has 0 atom stereocenters. The quantitative estimate of drug-likeness (QED) is 0.308. The van der Waals surface area contributed by atoms with Crippen LogP contribution in [0, 0.1) is 0 Å². The van der Waals surface area contributed by atoms with E-state index in [-0.39, 0.29) is 17.5 Å². The van der Waals surface area contributed by atoms with Crippen LogP contribution in [-0.4, -0.2) is 40.6 Å². The average molecular weight is 437 g/mol. The maximum Gasteiger partial charge on any atom is 0.302 e. The molecular weight excluding hydrogens is 414 g/mol. The number of hydrogen-bond donors (Lipinski definition) is 2. The molecule has 2 aromatic heterocycles. The molecule has 0 aliphatic rings. The summed E-state index contributed by atoms with van der Waals surface area (Å²) in [5.74, 6) is 0.254. The number of ether oxygens (including phenoxy) is 1. The van der Waals surface area contributed by atoms with Crippen molar-refractivity contribution in [2.75, 3.05) is 24.8 Å². The van der Waals surface area contributed by atoms with Crippen LogP contribution in [0.4, 0.5) is 5.88 Å². The molecule has 2 N–H and O–H groups in total. The summed E-state index contributed by atoms with van der Waals surface area (Å²) in [5, 5.41) is 7.20. The number of nitrogens with zero attached hydrogens (tertiary/aromatic N) is 3. The van der Waals surface area contributed by atoms with Gasteiger partial charge >= 0.3 is 5.88 Å². The first-order valence-corrected chi connectivity index (χ1v) is 10.7. The largest absolute Gasteiger partial charge is 0.378 e. The van der Waals surface area contributed by atoms with Gasteiger partial charge in [-0.25, -0.2) is 4.98 Å². The second-order valence-electron chi connectivity index (χ2n) is 6.66. The highest BCUT2D eigenvalue weighted by molar-refractivity contribution is 7.99. The smallest absolute Gasteiger partial charge is 0.302 e. The van der Waals surface area contributed by atoms with Gasteiger partial charge in [-0.3, -0.25) is 14.6 Å². The number of carbonyl (C=O) groups is 1. The number of imidazole rings is 1. The molecule has 2 heterocycles. The lowest BCUT2D eigenvalue weighted by Crippen LogP contribution is -2.36. The molecule has 31 heavy (non-hydrogen) atoms. The Kier molecular flexibility index (Phi) is 6.75. The molecule has 0 spiro atoms. The highest BCUT2D eigenvalue weighted by atomic mass is 32.2. The maximum atomic E-state index is 12.3. The molecule has 0 saturated heterocycles. The number of aromatic nitrogens is 4. The first kappa shape index (κ1) is 20.8. The molecule has 4 rings (SSSR count). The normalized spacial score (nSPS) is 10.9. The fourth-order valence-corrected chi connectivity index (χ4v) is 3.64. The summed E-state index contributed by atoms with van der Waals surface area (Å²) in [5.41, 5.74) is 3.82. The van der Waals surface area contributed by atoms with Crippen LogP contribution in [0.5, 0.6) is 0 Å². The molecule has 0 aliphatic carbocycles. The van der Waals surface area contributed by atoms with Crippen molar-refractivity contribution in [3.8, 4) is 22.5 Å². The number of hydrogen-bond acceptors (Lipinski definition) is 6. The molecule has 2 aromatic carbocycles. The van der Waals surface area contributed by atoms with Crippen molar-refractivity contribution in [1.29, 1.82) is 0 Å². The second-order valence-corrected chi connectivity index (χ2v) is 7.62. The number of benzene rings is 2. The van der Waals surface area contributed by atoms with Gasteiger partial charge in [0, 0.05) is 18.2 Å². The second kappa shape index (κ2) is 10.1. The van der Waals surface area contributed by atoms with Gasteiger partial charge in [-0.05, 0) is 4.68 Å². The summed E-state index contributed by atoms with van der Waals surface area (Å²) >= 11 is 1.33. The summed E-state index contributed by atoms with van der Waals surface area (Å²) in [6.45, 7) is 1.05. The van der Waals surface area contributed by atoms with Crippen LogP contribution >= 0.6 is 11.8 Å². The van der Waals surface area contributed by atoms with E-state index in [1.54, 1.807) is 18.0 Å². The maximum absolute atomic E-state index is 12.3. The van der Waals surface area contributed by atoms with Crippen LogP contribution < -0.4 is 10.00 Å².